The summed E-state index contributed by atoms with van der Waals surface area (Å²) in [6.07, 6.45) is 0.114. The highest BCUT2D eigenvalue weighted by Gasteiger charge is 2.34. The fraction of sp³-hybridized carbons (Fsp3) is 0.308. The van der Waals surface area contributed by atoms with Crippen molar-refractivity contribution in [2.45, 2.75) is 6.42 Å². The Balaban J connectivity index is 2.31. The van der Waals surface area contributed by atoms with Gasteiger partial charge in [-0.05, 0) is 18.2 Å². The molecule has 1 heterocycles. The maximum absolute atomic E-state index is 11.8. The minimum Gasteiger partial charge on any atom is -0.495 e. The number of primary amides is 1. The van der Waals surface area contributed by atoms with Crippen molar-refractivity contribution in [2.24, 2.45) is 11.7 Å². The summed E-state index contributed by atoms with van der Waals surface area (Å²) in [6, 6.07) is 6.88. The van der Waals surface area contributed by atoms with Crippen LogP contribution in [0.25, 0.3) is 0 Å². The molecule has 1 fully saturated rings. The summed E-state index contributed by atoms with van der Waals surface area (Å²) in [4.78, 5) is 24.4. The highest BCUT2D eigenvalue weighted by molar-refractivity contribution is 6.00. The molecule has 2 N–H and O–H groups in total. The predicted molar refractivity (Wildman–Crippen MR) is 67.4 cm³/mol. The van der Waals surface area contributed by atoms with Gasteiger partial charge in [-0.15, -0.1) is 0 Å². The number of ether oxygens (including phenoxy) is 1. The molecule has 1 aromatic rings. The van der Waals surface area contributed by atoms with Gasteiger partial charge < -0.3 is 15.4 Å². The number of nitriles is 1. The molecule has 1 aliphatic heterocycles. The van der Waals surface area contributed by atoms with Gasteiger partial charge in [0.25, 0.3) is 0 Å². The van der Waals surface area contributed by atoms with E-state index in [2.05, 4.69) is 0 Å². The van der Waals surface area contributed by atoms with Crippen molar-refractivity contribution in [3.63, 3.8) is 0 Å². The van der Waals surface area contributed by atoms with E-state index in [-0.39, 0.29) is 18.9 Å². The number of amides is 2. The van der Waals surface area contributed by atoms with Gasteiger partial charge in [-0.2, -0.15) is 5.26 Å². The number of benzene rings is 1. The molecule has 1 aliphatic rings. The molecule has 1 saturated heterocycles. The van der Waals surface area contributed by atoms with Crippen LogP contribution < -0.4 is 15.4 Å². The van der Waals surface area contributed by atoms with Crippen molar-refractivity contribution in [1.82, 2.24) is 0 Å². The van der Waals surface area contributed by atoms with Crippen LogP contribution in [0.2, 0.25) is 0 Å². The number of rotatable bonds is 3. The zero-order valence-corrected chi connectivity index (χ0v) is 10.4. The molecular formula is C13H13N3O3. The van der Waals surface area contributed by atoms with Crippen LogP contribution in [-0.2, 0) is 9.59 Å². The molecular weight excluding hydrogens is 246 g/mol. The first-order chi connectivity index (χ1) is 9.06. The highest BCUT2D eigenvalue weighted by Crippen LogP contribution is 2.29. The van der Waals surface area contributed by atoms with E-state index < -0.39 is 11.8 Å². The molecule has 0 spiro atoms. The van der Waals surface area contributed by atoms with E-state index in [1.54, 1.807) is 18.2 Å². The summed E-state index contributed by atoms with van der Waals surface area (Å²) in [5.41, 5.74) is 6.13. The maximum Gasteiger partial charge on any atom is 0.227 e. The number of nitrogens with zero attached hydrogens (tertiary/aromatic N) is 2. The Morgan fingerprint density at radius 3 is 2.84 bits per heavy atom. The van der Waals surface area contributed by atoms with Crippen molar-refractivity contribution in [3.8, 4) is 11.8 Å². The second-order valence-electron chi connectivity index (χ2n) is 4.30. The first-order valence-corrected chi connectivity index (χ1v) is 5.74. The van der Waals surface area contributed by atoms with Gasteiger partial charge in [-0.3, -0.25) is 9.59 Å². The molecule has 2 rings (SSSR count). The summed E-state index contributed by atoms with van der Waals surface area (Å²) >= 11 is 0. The normalized spacial score (nSPS) is 18.2. The molecule has 98 valence electrons. The van der Waals surface area contributed by atoms with Gasteiger partial charge in [0, 0.05) is 18.7 Å². The van der Waals surface area contributed by atoms with E-state index >= 15 is 0 Å². The lowest BCUT2D eigenvalue weighted by Gasteiger charge is -2.17. The monoisotopic (exact) mass is 259 g/mol. The van der Waals surface area contributed by atoms with E-state index in [1.165, 1.54) is 12.0 Å². The molecule has 6 heteroatoms. The summed E-state index contributed by atoms with van der Waals surface area (Å²) in [5, 5.41) is 9.02. The Morgan fingerprint density at radius 1 is 1.58 bits per heavy atom. The lowest BCUT2D eigenvalue weighted by atomic mass is 10.1. The Labute approximate surface area is 110 Å². The van der Waals surface area contributed by atoms with Crippen LogP contribution in [0.1, 0.15) is 12.0 Å². The van der Waals surface area contributed by atoms with Crippen molar-refractivity contribution in [3.05, 3.63) is 23.8 Å². The highest BCUT2D eigenvalue weighted by atomic mass is 16.5. The standard InChI is InChI=1S/C13H13N3O3/c1-19-11-3-2-10(4-8(11)6-14)16-7-9(13(15)18)5-12(16)17/h2-4,9H,5,7H2,1H3,(H2,15,18). The van der Waals surface area contributed by atoms with Gasteiger partial charge in [0.1, 0.15) is 11.8 Å². The molecule has 2 amide bonds. The Morgan fingerprint density at radius 2 is 2.32 bits per heavy atom. The number of hydrogen-bond acceptors (Lipinski definition) is 4. The number of carbonyl (C=O) groups excluding carboxylic acids is 2. The topological polar surface area (TPSA) is 96.4 Å². The number of nitrogens with two attached hydrogens (primary N) is 1. The van der Waals surface area contributed by atoms with Crippen molar-refractivity contribution in [1.29, 1.82) is 5.26 Å². The summed E-state index contributed by atoms with van der Waals surface area (Å²) < 4.78 is 5.04. The van der Waals surface area contributed by atoms with E-state index in [4.69, 9.17) is 15.7 Å². The SMILES string of the molecule is COc1ccc(N2CC(C(N)=O)CC2=O)cc1C#N. The van der Waals surface area contributed by atoms with Crippen LogP contribution in [0.4, 0.5) is 5.69 Å². The van der Waals surface area contributed by atoms with Gasteiger partial charge in [-0.1, -0.05) is 0 Å². The molecule has 1 aromatic carbocycles. The van der Waals surface area contributed by atoms with Gasteiger partial charge in [-0.25, -0.2) is 0 Å². The second kappa shape index (κ2) is 4.98. The van der Waals surface area contributed by atoms with E-state index in [1.807, 2.05) is 6.07 Å². The largest absolute Gasteiger partial charge is 0.495 e. The van der Waals surface area contributed by atoms with Crippen molar-refractivity contribution >= 4 is 17.5 Å². The van der Waals surface area contributed by atoms with E-state index in [9.17, 15) is 9.59 Å². The van der Waals surface area contributed by atoms with Gasteiger partial charge >= 0.3 is 0 Å². The van der Waals surface area contributed by atoms with Crippen LogP contribution in [0.3, 0.4) is 0 Å². The molecule has 19 heavy (non-hydrogen) atoms. The Hall–Kier alpha value is -2.55. The lowest BCUT2D eigenvalue weighted by molar-refractivity contribution is -0.123. The Kier molecular flexibility index (Phi) is 3.38. The van der Waals surface area contributed by atoms with Gasteiger partial charge in [0.05, 0.1) is 18.6 Å². The lowest BCUT2D eigenvalue weighted by Crippen LogP contribution is -2.28. The smallest absolute Gasteiger partial charge is 0.227 e. The van der Waals surface area contributed by atoms with Crippen LogP contribution >= 0.6 is 0 Å². The summed E-state index contributed by atoms with van der Waals surface area (Å²) in [5.74, 6) is -0.674. The molecule has 0 aromatic heterocycles. The maximum atomic E-state index is 11.8. The van der Waals surface area contributed by atoms with Crippen LogP contribution in [0.5, 0.6) is 5.75 Å². The molecule has 0 saturated carbocycles. The van der Waals surface area contributed by atoms with Crippen molar-refractivity contribution < 1.29 is 14.3 Å². The van der Waals surface area contributed by atoms with Gasteiger partial charge in [0.2, 0.25) is 11.8 Å². The fourth-order valence-electron chi connectivity index (χ4n) is 2.10. The van der Waals surface area contributed by atoms with Crippen LogP contribution in [0.15, 0.2) is 18.2 Å². The second-order valence-corrected chi connectivity index (χ2v) is 4.30. The van der Waals surface area contributed by atoms with Crippen molar-refractivity contribution in [2.75, 3.05) is 18.6 Å². The first-order valence-electron chi connectivity index (χ1n) is 5.74. The molecule has 0 radical (unpaired) electrons. The average Bonchev–Trinajstić information content (AvgIpc) is 2.80. The van der Waals surface area contributed by atoms with Crippen LogP contribution in [0, 0.1) is 17.2 Å². The fourth-order valence-corrected chi connectivity index (χ4v) is 2.10. The molecule has 0 bridgehead atoms. The minimum atomic E-state index is -0.482. The third-order valence-electron chi connectivity index (χ3n) is 3.14. The molecule has 1 atom stereocenters. The quantitative estimate of drug-likeness (QED) is 0.849. The Bertz CT molecular complexity index is 577. The average molecular weight is 259 g/mol. The summed E-state index contributed by atoms with van der Waals surface area (Å²) in [6.45, 7) is 0.255. The van der Waals surface area contributed by atoms with Crippen LogP contribution in [-0.4, -0.2) is 25.5 Å². The molecule has 1 unspecified atom stereocenters. The predicted octanol–water partition coefficient (Wildman–Crippen LogP) is 0.405. The zero-order chi connectivity index (χ0) is 14.0. The number of methoxy groups -OCH3 is 1. The number of carbonyl (C=O) groups is 2. The summed E-state index contributed by atoms with van der Waals surface area (Å²) in [7, 11) is 1.47. The minimum absolute atomic E-state index is 0.114. The molecule has 0 aliphatic carbocycles. The third kappa shape index (κ3) is 2.36. The molecule has 6 nitrogen and oxygen atoms in total. The van der Waals surface area contributed by atoms with Gasteiger partial charge in [0.15, 0.2) is 0 Å². The zero-order valence-electron chi connectivity index (χ0n) is 10.4. The third-order valence-corrected chi connectivity index (χ3v) is 3.14. The first kappa shape index (κ1) is 12.9. The van der Waals surface area contributed by atoms with E-state index in [0.717, 1.165) is 0 Å². The van der Waals surface area contributed by atoms with E-state index in [0.29, 0.717) is 17.0 Å². The number of hydrogen-bond donors (Lipinski definition) is 1. The number of anilines is 1.